The lowest BCUT2D eigenvalue weighted by Gasteiger charge is -2.11. The maximum atomic E-state index is 12.9. The summed E-state index contributed by atoms with van der Waals surface area (Å²) in [5.74, 6) is 0.179. The lowest BCUT2D eigenvalue weighted by atomic mass is 10.1. The number of thiophene rings is 1. The Labute approximate surface area is 170 Å². The molecular formula is C21H17ClN2O3S. The van der Waals surface area contributed by atoms with E-state index in [0.717, 1.165) is 21.2 Å². The maximum absolute atomic E-state index is 12.9. The first kappa shape index (κ1) is 18.5. The molecule has 0 bridgehead atoms. The molecule has 4 aromatic rings. The van der Waals surface area contributed by atoms with Gasteiger partial charge >= 0.3 is 0 Å². The fourth-order valence-corrected chi connectivity index (χ4v) is 4.46. The molecule has 2 aromatic heterocycles. The second kappa shape index (κ2) is 6.96. The molecule has 28 heavy (non-hydrogen) atoms. The molecule has 2 aromatic carbocycles. The van der Waals surface area contributed by atoms with E-state index in [9.17, 15) is 9.59 Å². The minimum atomic E-state index is -0.299. The minimum absolute atomic E-state index is 0.121. The zero-order valence-corrected chi connectivity index (χ0v) is 17.1. The van der Waals surface area contributed by atoms with Gasteiger partial charge in [-0.25, -0.2) is 0 Å². The van der Waals surface area contributed by atoms with Crippen molar-refractivity contribution in [3.63, 3.8) is 0 Å². The number of anilines is 1. The summed E-state index contributed by atoms with van der Waals surface area (Å²) in [6, 6.07) is 12.8. The van der Waals surface area contributed by atoms with Gasteiger partial charge in [-0.2, -0.15) is 0 Å². The van der Waals surface area contributed by atoms with Crippen molar-refractivity contribution >= 4 is 55.5 Å². The van der Waals surface area contributed by atoms with Gasteiger partial charge in [0.05, 0.1) is 28.6 Å². The van der Waals surface area contributed by atoms with E-state index in [1.54, 1.807) is 29.8 Å². The summed E-state index contributed by atoms with van der Waals surface area (Å²) >= 11 is 7.44. The van der Waals surface area contributed by atoms with Crippen LogP contribution >= 0.6 is 22.9 Å². The minimum Gasteiger partial charge on any atom is -0.495 e. The molecule has 0 saturated heterocycles. The predicted molar refractivity (Wildman–Crippen MR) is 115 cm³/mol. The van der Waals surface area contributed by atoms with Gasteiger partial charge in [0.1, 0.15) is 5.75 Å². The van der Waals surface area contributed by atoms with E-state index in [-0.39, 0.29) is 11.5 Å². The summed E-state index contributed by atoms with van der Waals surface area (Å²) in [6.45, 7) is 1.85. The Bertz CT molecular complexity index is 1310. The number of carbonyl (C=O) groups is 1. The van der Waals surface area contributed by atoms with Crippen LogP contribution in [0.5, 0.6) is 5.75 Å². The Kier molecular flexibility index (Phi) is 4.61. The number of nitrogens with zero attached hydrogens (tertiary/aromatic N) is 1. The smallest absolute Gasteiger partial charge is 0.265 e. The Balaban J connectivity index is 1.81. The monoisotopic (exact) mass is 412 g/mol. The number of fused-ring (bicyclic) bond motifs is 3. The van der Waals surface area contributed by atoms with Crippen LogP contribution in [-0.2, 0) is 7.05 Å². The largest absolute Gasteiger partial charge is 0.495 e. The predicted octanol–water partition coefficient (Wildman–Crippen LogP) is 4.98. The fourth-order valence-electron chi connectivity index (χ4n) is 3.22. The van der Waals surface area contributed by atoms with E-state index in [1.807, 2.05) is 31.2 Å². The molecule has 0 aliphatic carbocycles. The SMILES string of the molecule is COc1cc(Cl)c(C)cc1NC(=O)c1cc2c(=O)n(C)c3ccccc3c2s1. The highest BCUT2D eigenvalue weighted by atomic mass is 35.5. The first-order chi connectivity index (χ1) is 13.4. The summed E-state index contributed by atoms with van der Waals surface area (Å²) in [5.41, 5.74) is 2.08. The van der Waals surface area contributed by atoms with Gasteiger partial charge in [0.25, 0.3) is 11.5 Å². The third kappa shape index (κ3) is 2.95. The van der Waals surface area contributed by atoms with Crippen LogP contribution in [0.2, 0.25) is 5.02 Å². The van der Waals surface area contributed by atoms with Gasteiger partial charge in [-0.1, -0.05) is 29.8 Å². The quantitative estimate of drug-likeness (QED) is 0.516. The van der Waals surface area contributed by atoms with Gasteiger partial charge < -0.3 is 14.6 Å². The van der Waals surface area contributed by atoms with Crippen LogP contribution in [0.4, 0.5) is 5.69 Å². The van der Waals surface area contributed by atoms with Gasteiger partial charge in [0.2, 0.25) is 0 Å². The van der Waals surface area contributed by atoms with Crippen LogP contribution in [-0.4, -0.2) is 17.6 Å². The molecule has 0 saturated carbocycles. The zero-order chi connectivity index (χ0) is 20.0. The number of benzene rings is 2. The molecule has 0 spiro atoms. The van der Waals surface area contributed by atoms with Gasteiger partial charge in [-0.15, -0.1) is 11.3 Å². The summed E-state index contributed by atoms with van der Waals surface area (Å²) in [4.78, 5) is 26.1. The Morgan fingerprint density at radius 1 is 1.18 bits per heavy atom. The average Bonchev–Trinajstić information content (AvgIpc) is 3.14. The lowest BCUT2D eigenvalue weighted by molar-refractivity contribution is 0.103. The molecule has 0 radical (unpaired) electrons. The molecular weight excluding hydrogens is 396 g/mol. The molecule has 142 valence electrons. The van der Waals surface area contributed by atoms with Gasteiger partial charge in [-0.3, -0.25) is 9.59 Å². The van der Waals surface area contributed by atoms with Gasteiger partial charge in [0.15, 0.2) is 0 Å². The lowest BCUT2D eigenvalue weighted by Crippen LogP contribution is -2.16. The number of hydrogen-bond donors (Lipinski definition) is 1. The number of pyridine rings is 1. The van der Waals surface area contributed by atoms with E-state index >= 15 is 0 Å². The molecule has 2 heterocycles. The van der Waals surface area contributed by atoms with E-state index < -0.39 is 0 Å². The summed E-state index contributed by atoms with van der Waals surface area (Å²) in [5, 5.41) is 4.91. The Hall–Kier alpha value is -2.83. The first-order valence-electron chi connectivity index (χ1n) is 8.57. The van der Waals surface area contributed by atoms with Crippen molar-refractivity contribution in [2.45, 2.75) is 6.92 Å². The highest BCUT2D eigenvalue weighted by Crippen LogP contribution is 2.33. The molecule has 0 aliphatic heterocycles. The Morgan fingerprint density at radius 2 is 1.93 bits per heavy atom. The average molecular weight is 413 g/mol. The van der Waals surface area contributed by atoms with Crippen molar-refractivity contribution in [1.29, 1.82) is 0 Å². The fraction of sp³-hybridized carbons (Fsp3) is 0.143. The van der Waals surface area contributed by atoms with E-state index in [4.69, 9.17) is 16.3 Å². The van der Waals surface area contributed by atoms with E-state index in [0.29, 0.717) is 26.7 Å². The molecule has 1 amide bonds. The number of methoxy groups -OCH3 is 1. The number of ether oxygens (including phenoxy) is 1. The number of nitrogens with one attached hydrogen (secondary N) is 1. The highest BCUT2D eigenvalue weighted by Gasteiger charge is 2.18. The van der Waals surface area contributed by atoms with Crippen LogP contribution in [0.25, 0.3) is 21.0 Å². The number of para-hydroxylation sites is 1. The number of hydrogen-bond acceptors (Lipinski definition) is 4. The highest BCUT2D eigenvalue weighted by molar-refractivity contribution is 7.21. The summed E-state index contributed by atoms with van der Waals surface area (Å²) in [7, 11) is 3.26. The topological polar surface area (TPSA) is 60.3 Å². The molecule has 7 heteroatoms. The third-order valence-electron chi connectivity index (χ3n) is 4.73. The van der Waals surface area contributed by atoms with Crippen molar-refractivity contribution in [2.24, 2.45) is 7.05 Å². The van der Waals surface area contributed by atoms with Crippen molar-refractivity contribution < 1.29 is 9.53 Å². The molecule has 0 aliphatic rings. The second-order valence-electron chi connectivity index (χ2n) is 6.49. The number of rotatable bonds is 3. The Morgan fingerprint density at radius 3 is 2.68 bits per heavy atom. The van der Waals surface area contributed by atoms with Crippen LogP contribution in [0.15, 0.2) is 47.3 Å². The molecule has 4 rings (SSSR count). The number of amides is 1. The molecule has 0 atom stereocenters. The van der Waals surface area contributed by atoms with Gasteiger partial charge in [-0.05, 0) is 30.7 Å². The maximum Gasteiger partial charge on any atom is 0.265 e. The molecule has 0 fully saturated rings. The number of halogens is 1. The molecule has 1 N–H and O–H groups in total. The van der Waals surface area contributed by atoms with Crippen LogP contribution in [0.1, 0.15) is 15.2 Å². The number of carbonyl (C=O) groups excluding carboxylic acids is 1. The van der Waals surface area contributed by atoms with Crippen molar-refractivity contribution in [2.75, 3.05) is 12.4 Å². The normalized spacial score (nSPS) is 11.1. The third-order valence-corrected chi connectivity index (χ3v) is 6.30. The van der Waals surface area contributed by atoms with Crippen LogP contribution < -0.4 is 15.6 Å². The molecule has 5 nitrogen and oxygen atoms in total. The van der Waals surface area contributed by atoms with Crippen molar-refractivity contribution in [3.8, 4) is 5.75 Å². The number of aromatic nitrogens is 1. The van der Waals surface area contributed by atoms with Crippen LogP contribution in [0, 0.1) is 6.92 Å². The van der Waals surface area contributed by atoms with Gasteiger partial charge in [0, 0.05) is 28.2 Å². The molecule has 0 unspecified atom stereocenters. The van der Waals surface area contributed by atoms with E-state index in [2.05, 4.69) is 5.32 Å². The van der Waals surface area contributed by atoms with Crippen LogP contribution in [0.3, 0.4) is 0 Å². The van der Waals surface area contributed by atoms with Crippen molar-refractivity contribution in [1.82, 2.24) is 4.57 Å². The second-order valence-corrected chi connectivity index (χ2v) is 7.95. The first-order valence-corrected chi connectivity index (χ1v) is 9.77. The summed E-state index contributed by atoms with van der Waals surface area (Å²) < 4.78 is 7.74. The van der Waals surface area contributed by atoms with E-state index in [1.165, 1.54) is 18.4 Å². The number of aryl methyl sites for hydroxylation is 2. The van der Waals surface area contributed by atoms with Crippen molar-refractivity contribution in [3.05, 3.63) is 68.3 Å². The zero-order valence-electron chi connectivity index (χ0n) is 15.5. The summed E-state index contributed by atoms with van der Waals surface area (Å²) in [6.07, 6.45) is 0. The standard InChI is InChI=1S/C21H17ClN2O3S/c1-11-8-15(17(27-3)10-14(11)22)23-20(25)18-9-13-19(28-18)12-6-4-5-7-16(12)24(2)21(13)26/h4-10H,1-3H3,(H,23,25).